The van der Waals surface area contributed by atoms with Crippen molar-refractivity contribution >= 4 is 9.84 Å². The Hall–Kier alpha value is -1.79. The number of hydrogen-bond donors (Lipinski definition) is 0. The average molecular weight is 331 g/mol. The molecule has 0 radical (unpaired) electrons. The highest BCUT2D eigenvalue weighted by Gasteiger charge is 2.20. The van der Waals surface area contributed by atoms with Gasteiger partial charge in [-0.15, -0.1) is 0 Å². The number of hydrogen-bond acceptors (Lipinski definition) is 5. The van der Waals surface area contributed by atoms with E-state index in [1.54, 1.807) is 30.5 Å². The molecule has 3 rings (SSSR count). The topological polar surface area (TPSA) is 63.2 Å². The highest BCUT2D eigenvalue weighted by Crippen LogP contribution is 2.25. The molecule has 2 heterocycles. The summed E-state index contributed by atoms with van der Waals surface area (Å²) in [5, 5.41) is 0. The Balaban J connectivity index is 1.79. The van der Waals surface area contributed by atoms with Crippen LogP contribution in [0.2, 0.25) is 0 Å². The van der Waals surface area contributed by atoms with E-state index in [0.717, 1.165) is 36.5 Å². The van der Waals surface area contributed by atoms with E-state index in [0.29, 0.717) is 10.8 Å². The molecule has 0 bridgehead atoms. The Morgan fingerprint density at radius 1 is 1.13 bits per heavy atom. The normalized spacial score (nSPS) is 19.7. The minimum Gasteiger partial charge on any atom is -0.306 e. The second-order valence-electron chi connectivity index (χ2n) is 6.22. The Kier molecular flexibility index (Phi) is 4.46. The summed E-state index contributed by atoms with van der Waals surface area (Å²) in [6.07, 6.45) is 7.18. The minimum absolute atomic E-state index is 0.316. The molecule has 5 nitrogen and oxygen atoms in total. The molecule has 1 unspecified atom stereocenters. The zero-order valence-corrected chi connectivity index (χ0v) is 14.3. The van der Waals surface area contributed by atoms with Crippen molar-refractivity contribution < 1.29 is 8.42 Å². The van der Waals surface area contributed by atoms with Crippen molar-refractivity contribution in [3.8, 4) is 11.3 Å². The van der Waals surface area contributed by atoms with Crippen LogP contribution in [0.25, 0.3) is 11.3 Å². The summed E-state index contributed by atoms with van der Waals surface area (Å²) in [5.41, 5.74) is 2.67. The zero-order chi connectivity index (χ0) is 16.4. The minimum atomic E-state index is -3.17. The quantitative estimate of drug-likeness (QED) is 0.864. The maximum Gasteiger partial charge on any atom is 0.175 e. The van der Waals surface area contributed by atoms with Gasteiger partial charge in [-0.25, -0.2) is 8.42 Å². The smallest absolute Gasteiger partial charge is 0.175 e. The predicted molar refractivity (Wildman–Crippen MR) is 90.0 cm³/mol. The molecule has 0 aliphatic carbocycles. The fraction of sp³-hybridized carbons (Fsp3) is 0.412. The molecule has 23 heavy (non-hydrogen) atoms. The largest absolute Gasteiger partial charge is 0.306 e. The van der Waals surface area contributed by atoms with E-state index in [2.05, 4.69) is 21.9 Å². The number of nitrogens with zero attached hydrogens (tertiary/aromatic N) is 3. The molecule has 1 aromatic carbocycles. The molecule has 1 fully saturated rings. The first-order valence-electron chi connectivity index (χ1n) is 7.74. The Morgan fingerprint density at radius 3 is 2.43 bits per heavy atom. The monoisotopic (exact) mass is 331 g/mol. The summed E-state index contributed by atoms with van der Waals surface area (Å²) in [6, 6.07) is 6.76. The van der Waals surface area contributed by atoms with Gasteiger partial charge in [0.15, 0.2) is 9.84 Å². The molecular formula is C17H21N3O2S. The van der Waals surface area contributed by atoms with Gasteiger partial charge in [0.05, 0.1) is 22.5 Å². The molecule has 0 spiro atoms. The second kappa shape index (κ2) is 6.37. The van der Waals surface area contributed by atoms with Crippen molar-refractivity contribution in [1.29, 1.82) is 0 Å². The molecule has 1 aliphatic rings. The number of sulfone groups is 1. The maximum absolute atomic E-state index is 11.5. The standard InChI is InChI=1S/C17H21N3O2S/c1-20-9-3-4-14(12-20)17-11-18-16(10-19-17)13-5-7-15(8-6-13)23(2,21)22/h5-8,10-11,14H,3-4,9,12H2,1-2H3. The van der Waals surface area contributed by atoms with E-state index in [4.69, 9.17) is 0 Å². The lowest BCUT2D eigenvalue weighted by molar-refractivity contribution is 0.248. The molecule has 122 valence electrons. The van der Waals surface area contributed by atoms with E-state index in [1.807, 2.05) is 6.20 Å². The van der Waals surface area contributed by atoms with Crippen LogP contribution in [-0.2, 0) is 9.84 Å². The summed E-state index contributed by atoms with van der Waals surface area (Å²) in [4.78, 5) is 11.7. The van der Waals surface area contributed by atoms with Gasteiger partial charge in [0.1, 0.15) is 0 Å². The Bertz CT molecular complexity index is 770. The zero-order valence-electron chi connectivity index (χ0n) is 13.4. The lowest BCUT2D eigenvalue weighted by Crippen LogP contribution is -2.31. The molecule has 1 aliphatic heterocycles. The number of likely N-dealkylation sites (tertiary alicyclic amines) is 1. The number of likely N-dealkylation sites (N-methyl/N-ethyl adjacent to an activating group) is 1. The van der Waals surface area contributed by atoms with Crippen molar-refractivity contribution in [2.75, 3.05) is 26.4 Å². The van der Waals surface area contributed by atoms with E-state index in [-0.39, 0.29) is 0 Å². The molecule has 0 amide bonds. The first-order valence-corrected chi connectivity index (χ1v) is 9.63. The van der Waals surface area contributed by atoms with Gasteiger partial charge in [0.2, 0.25) is 0 Å². The van der Waals surface area contributed by atoms with E-state index >= 15 is 0 Å². The van der Waals surface area contributed by atoms with Crippen molar-refractivity contribution in [1.82, 2.24) is 14.9 Å². The van der Waals surface area contributed by atoms with Crippen LogP contribution in [0.15, 0.2) is 41.6 Å². The maximum atomic E-state index is 11.5. The van der Waals surface area contributed by atoms with Gasteiger partial charge in [-0.05, 0) is 38.6 Å². The predicted octanol–water partition coefficient (Wildman–Crippen LogP) is 2.36. The molecule has 1 saturated heterocycles. The number of rotatable bonds is 3. The fourth-order valence-electron chi connectivity index (χ4n) is 2.98. The van der Waals surface area contributed by atoms with Crippen LogP contribution in [0.4, 0.5) is 0 Å². The average Bonchev–Trinajstić information content (AvgIpc) is 2.54. The van der Waals surface area contributed by atoms with Gasteiger partial charge in [0.25, 0.3) is 0 Å². The van der Waals surface area contributed by atoms with Crippen LogP contribution in [-0.4, -0.2) is 49.7 Å². The third-order valence-electron chi connectivity index (χ3n) is 4.29. The summed E-state index contributed by atoms with van der Waals surface area (Å²) >= 11 is 0. The van der Waals surface area contributed by atoms with Crippen molar-refractivity contribution in [2.24, 2.45) is 0 Å². The second-order valence-corrected chi connectivity index (χ2v) is 8.24. The van der Waals surface area contributed by atoms with Gasteiger partial charge in [-0.3, -0.25) is 9.97 Å². The van der Waals surface area contributed by atoms with Gasteiger partial charge >= 0.3 is 0 Å². The van der Waals surface area contributed by atoms with Crippen LogP contribution in [0, 0.1) is 0 Å². The van der Waals surface area contributed by atoms with Crippen molar-refractivity contribution in [2.45, 2.75) is 23.7 Å². The molecule has 1 atom stereocenters. The molecular weight excluding hydrogens is 310 g/mol. The summed E-state index contributed by atoms with van der Waals surface area (Å²) < 4.78 is 23.0. The van der Waals surface area contributed by atoms with Gasteiger partial charge in [-0.2, -0.15) is 0 Å². The van der Waals surface area contributed by atoms with Crippen molar-refractivity contribution in [3.05, 3.63) is 42.4 Å². The van der Waals surface area contributed by atoms with E-state index < -0.39 is 9.84 Å². The fourth-order valence-corrected chi connectivity index (χ4v) is 3.61. The van der Waals surface area contributed by atoms with Crippen molar-refractivity contribution in [3.63, 3.8) is 0 Å². The molecule has 0 N–H and O–H groups in total. The third kappa shape index (κ3) is 3.76. The Labute approximate surface area is 137 Å². The van der Waals surface area contributed by atoms with Gasteiger partial charge in [0, 0.05) is 30.5 Å². The van der Waals surface area contributed by atoms with E-state index in [9.17, 15) is 8.42 Å². The summed E-state index contributed by atoms with van der Waals surface area (Å²) in [6.45, 7) is 2.17. The third-order valence-corrected chi connectivity index (χ3v) is 5.42. The molecule has 6 heteroatoms. The van der Waals surface area contributed by atoms with Crippen LogP contribution >= 0.6 is 0 Å². The van der Waals surface area contributed by atoms with Crippen LogP contribution in [0.5, 0.6) is 0 Å². The number of piperidine rings is 1. The van der Waals surface area contributed by atoms with E-state index in [1.165, 1.54) is 12.7 Å². The summed E-state index contributed by atoms with van der Waals surface area (Å²) in [7, 11) is -1.03. The van der Waals surface area contributed by atoms with Gasteiger partial charge in [-0.1, -0.05) is 12.1 Å². The number of benzene rings is 1. The summed E-state index contributed by atoms with van der Waals surface area (Å²) in [5.74, 6) is 0.447. The molecule has 2 aromatic rings. The lowest BCUT2D eigenvalue weighted by Gasteiger charge is -2.29. The highest BCUT2D eigenvalue weighted by atomic mass is 32.2. The first kappa shape index (κ1) is 16.1. The number of aromatic nitrogens is 2. The SMILES string of the molecule is CN1CCCC(c2cnc(-c3ccc(S(C)(=O)=O)cc3)cn2)C1. The van der Waals surface area contributed by atoms with Crippen LogP contribution in [0.1, 0.15) is 24.5 Å². The van der Waals surface area contributed by atoms with Gasteiger partial charge < -0.3 is 4.90 Å². The first-order chi connectivity index (χ1) is 10.9. The Morgan fingerprint density at radius 2 is 1.87 bits per heavy atom. The van der Waals surface area contributed by atoms with Crippen LogP contribution in [0.3, 0.4) is 0 Å². The lowest BCUT2D eigenvalue weighted by atomic mass is 9.95. The highest BCUT2D eigenvalue weighted by molar-refractivity contribution is 7.90. The molecule has 1 aromatic heterocycles. The van der Waals surface area contributed by atoms with Crippen LogP contribution < -0.4 is 0 Å². The molecule has 0 saturated carbocycles.